The van der Waals surface area contributed by atoms with Crippen LogP contribution < -0.4 is 5.32 Å². The van der Waals surface area contributed by atoms with Crippen LogP contribution in [0.4, 0.5) is 0 Å². The summed E-state index contributed by atoms with van der Waals surface area (Å²) in [5.41, 5.74) is 1.25. The molecule has 0 spiro atoms. The van der Waals surface area contributed by atoms with E-state index in [1.807, 2.05) is 23.1 Å². The van der Waals surface area contributed by atoms with Crippen molar-refractivity contribution in [2.45, 2.75) is 19.9 Å². The first-order valence-corrected chi connectivity index (χ1v) is 9.07. The molecular formula is C19H26N2O2S. The van der Waals surface area contributed by atoms with Crippen molar-refractivity contribution in [1.29, 1.82) is 0 Å². The molecule has 5 heteroatoms. The maximum absolute atomic E-state index is 12.6. The van der Waals surface area contributed by atoms with Crippen LogP contribution in [0.25, 0.3) is 0 Å². The predicted molar refractivity (Wildman–Crippen MR) is 99.4 cm³/mol. The van der Waals surface area contributed by atoms with Gasteiger partial charge in [0.15, 0.2) is 0 Å². The third-order valence-corrected chi connectivity index (χ3v) is 4.75. The number of nitrogens with one attached hydrogen (secondary N) is 1. The Morgan fingerprint density at radius 1 is 1.21 bits per heavy atom. The molecule has 4 nitrogen and oxygen atoms in total. The fourth-order valence-electron chi connectivity index (χ4n) is 2.44. The summed E-state index contributed by atoms with van der Waals surface area (Å²) in [6.07, 6.45) is 0.870. The van der Waals surface area contributed by atoms with Gasteiger partial charge in [-0.2, -0.15) is 0 Å². The van der Waals surface area contributed by atoms with Crippen molar-refractivity contribution in [2.24, 2.45) is 0 Å². The number of thiophene rings is 1. The molecule has 24 heavy (non-hydrogen) atoms. The first-order chi connectivity index (χ1) is 11.7. The van der Waals surface area contributed by atoms with E-state index in [0.717, 1.165) is 13.0 Å². The van der Waals surface area contributed by atoms with Crippen LogP contribution in [-0.2, 0) is 22.5 Å². The van der Waals surface area contributed by atoms with E-state index < -0.39 is 0 Å². The highest BCUT2D eigenvalue weighted by Crippen LogP contribution is 2.17. The molecule has 1 aromatic heterocycles. The summed E-state index contributed by atoms with van der Waals surface area (Å²) in [6, 6.07) is 14.5. The molecule has 0 atom stereocenters. The zero-order chi connectivity index (χ0) is 17.2. The number of benzene rings is 1. The lowest BCUT2D eigenvalue weighted by Gasteiger charge is -2.22. The SMILES string of the molecule is COCCNCC(=O)N(CCc1ccccc1)Cc1ccc(C)s1. The van der Waals surface area contributed by atoms with E-state index in [2.05, 4.69) is 36.5 Å². The largest absolute Gasteiger partial charge is 0.383 e. The Morgan fingerprint density at radius 2 is 2.00 bits per heavy atom. The molecule has 1 heterocycles. The van der Waals surface area contributed by atoms with Crippen molar-refractivity contribution < 1.29 is 9.53 Å². The molecule has 0 aliphatic carbocycles. The normalized spacial score (nSPS) is 10.8. The molecule has 0 aliphatic heterocycles. The van der Waals surface area contributed by atoms with Gasteiger partial charge in [-0.3, -0.25) is 4.79 Å². The average molecular weight is 346 g/mol. The summed E-state index contributed by atoms with van der Waals surface area (Å²) in [5.74, 6) is 0.132. The first-order valence-electron chi connectivity index (χ1n) is 8.25. The van der Waals surface area contributed by atoms with Gasteiger partial charge in [0.25, 0.3) is 0 Å². The van der Waals surface area contributed by atoms with Crippen molar-refractivity contribution in [3.63, 3.8) is 0 Å². The van der Waals surface area contributed by atoms with Crippen molar-refractivity contribution in [1.82, 2.24) is 10.2 Å². The number of hydrogen-bond donors (Lipinski definition) is 1. The standard InChI is InChI=1S/C19H26N2O2S/c1-16-8-9-18(24-16)15-21(19(22)14-20-11-13-23-2)12-10-17-6-4-3-5-7-17/h3-9,20H,10-15H2,1-2H3. The number of ether oxygens (including phenoxy) is 1. The Kier molecular flexibility index (Phi) is 7.95. The number of amides is 1. The van der Waals surface area contributed by atoms with Crippen molar-refractivity contribution in [2.75, 3.05) is 33.4 Å². The van der Waals surface area contributed by atoms with Gasteiger partial charge in [-0.05, 0) is 31.0 Å². The van der Waals surface area contributed by atoms with Gasteiger partial charge in [-0.15, -0.1) is 11.3 Å². The number of methoxy groups -OCH3 is 1. The van der Waals surface area contributed by atoms with E-state index in [4.69, 9.17) is 4.74 Å². The van der Waals surface area contributed by atoms with Crippen LogP contribution in [0.3, 0.4) is 0 Å². The first kappa shape index (κ1) is 18.6. The lowest BCUT2D eigenvalue weighted by molar-refractivity contribution is -0.130. The van der Waals surface area contributed by atoms with Gasteiger partial charge in [-0.1, -0.05) is 30.3 Å². The van der Waals surface area contributed by atoms with E-state index in [1.54, 1.807) is 18.4 Å². The molecule has 130 valence electrons. The molecule has 0 fully saturated rings. The minimum atomic E-state index is 0.132. The van der Waals surface area contributed by atoms with Gasteiger partial charge in [0, 0.05) is 30.0 Å². The van der Waals surface area contributed by atoms with Crippen molar-refractivity contribution in [3.05, 3.63) is 57.8 Å². The molecule has 2 aromatic rings. The van der Waals surface area contributed by atoms with E-state index in [1.165, 1.54) is 15.3 Å². The molecule has 0 bridgehead atoms. The molecule has 0 saturated carbocycles. The van der Waals surface area contributed by atoms with Crippen LogP contribution in [0, 0.1) is 6.92 Å². The lowest BCUT2D eigenvalue weighted by Crippen LogP contribution is -2.39. The predicted octanol–water partition coefficient (Wildman–Crippen LogP) is 2.86. The van der Waals surface area contributed by atoms with Crippen LogP contribution >= 0.6 is 11.3 Å². The summed E-state index contributed by atoms with van der Waals surface area (Å²) in [6.45, 7) is 5.15. The maximum atomic E-state index is 12.6. The number of hydrogen-bond acceptors (Lipinski definition) is 4. The van der Waals surface area contributed by atoms with Gasteiger partial charge in [0.05, 0.1) is 19.7 Å². The fraction of sp³-hybridized carbons (Fsp3) is 0.421. The average Bonchev–Trinajstić information content (AvgIpc) is 3.01. The molecule has 1 amide bonds. The third-order valence-electron chi connectivity index (χ3n) is 3.77. The summed E-state index contributed by atoms with van der Waals surface area (Å²) < 4.78 is 5.00. The van der Waals surface area contributed by atoms with E-state index >= 15 is 0 Å². The molecule has 0 aliphatic rings. The molecule has 1 N–H and O–H groups in total. The fourth-order valence-corrected chi connectivity index (χ4v) is 3.35. The van der Waals surface area contributed by atoms with Crippen LogP contribution in [0.1, 0.15) is 15.3 Å². The second-order valence-electron chi connectivity index (χ2n) is 5.73. The molecule has 1 aromatic carbocycles. The van der Waals surface area contributed by atoms with Crippen LogP contribution in [0.15, 0.2) is 42.5 Å². The monoisotopic (exact) mass is 346 g/mol. The maximum Gasteiger partial charge on any atom is 0.236 e. The van der Waals surface area contributed by atoms with Crippen molar-refractivity contribution in [3.8, 4) is 0 Å². The smallest absolute Gasteiger partial charge is 0.236 e. The molecule has 2 rings (SSSR count). The second kappa shape index (κ2) is 10.2. The molecule has 0 radical (unpaired) electrons. The molecule has 0 saturated heterocycles. The van der Waals surface area contributed by atoms with Crippen molar-refractivity contribution >= 4 is 17.2 Å². The molecular weight excluding hydrogens is 320 g/mol. The van der Waals surface area contributed by atoms with E-state index in [9.17, 15) is 4.79 Å². The van der Waals surface area contributed by atoms with Crippen LogP contribution in [-0.4, -0.2) is 44.2 Å². The Morgan fingerprint density at radius 3 is 2.67 bits per heavy atom. The Hall–Kier alpha value is -1.69. The second-order valence-corrected chi connectivity index (χ2v) is 7.11. The van der Waals surface area contributed by atoms with Crippen LogP contribution in [0.2, 0.25) is 0 Å². The number of nitrogens with zero attached hydrogens (tertiary/aromatic N) is 1. The minimum Gasteiger partial charge on any atom is -0.383 e. The summed E-state index contributed by atoms with van der Waals surface area (Å²) in [4.78, 5) is 17.0. The Labute approximate surface area is 148 Å². The Bertz CT molecular complexity index is 613. The summed E-state index contributed by atoms with van der Waals surface area (Å²) in [7, 11) is 1.66. The third kappa shape index (κ3) is 6.43. The topological polar surface area (TPSA) is 41.6 Å². The quantitative estimate of drug-likeness (QED) is 0.673. The highest BCUT2D eigenvalue weighted by molar-refractivity contribution is 7.11. The zero-order valence-electron chi connectivity index (χ0n) is 14.5. The Balaban J connectivity index is 1.93. The summed E-state index contributed by atoms with van der Waals surface area (Å²) >= 11 is 1.75. The van der Waals surface area contributed by atoms with Gasteiger partial charge < -0.3 is 15.0 Å². The van der Waals surface area contributed by atoms with Gasteiger partial charge in [-0.25, -0.2) is 0 Å². The van der Waals surface area contributed by atoms with Crippen LogP contribution in [0.5, 0.6) is 0 Å². The zero-order valence-corrected chi connectivity index (χ0v) is 15.3. The number of rotatable bonds is 10. The van der Waals surface area contributed by atoms with Gasteiger partial charge in [0.1, 0.15) is 0 Å². The highest BCUT2D eigenvalue weighted by Gasteiger charge is 2.14. The summed E-state index contributed by atoms with van der Waals surface area (Å²) in [5, 5.41) is 3.14. The number of aryl methyl sites for hydroxylation is 1. The number of carbonyl (C=O) groups excluding carboxylic acids is 1. The lowest BCUT2D eigenvalue weighted by atomic mass is 10.1. The minimum absolute atomic E-state index is 0.132. The number of carbonyl (C=O) groups is 1. The molecule has 0 unspecified atom stereocenters. The highest BCUT2D eigenvalue weighted by atomic mass is 32.1. The van der Waals surface area contributed by atoms with E-state index in [0.29, 0.717) is 26.2 Å². The van der Waals surface area contributed by atoms with Gasteiger partial charge in [0.2, 0.25) is 5.91 Å². The van der Waals surface area contributed by atoms with Gasteiger partial charge >= 0.3 is 0 Å². The van der Waals surface area contributed by atoms with E-state index in [-0.39, 0.29) is 5.91 Å².